The molecule has 1 aromatic carbocycles. The first-order valence-corrected chi connectivity index (χ1v) is 7.12. The molecule has 0 spiro atoms. The molecule has 6 nitrogen and oxygen atoms in total. The maximum Gasteiger partial charge on any atom is 0.313 e. The number of carbonyl (C=O) groups is 2. The Morgan fingerprint density at radius 1 is 1.29 bits per heavy atom. The summed E-state index contributed by atoms with van der Waals surface area (Å²) in [7, 11) is 0. The van der Waals surface area contributed by atoms with Gasteiger partial charge >= 0.3 is 11.8 Å². The van der Waals surface area contributed by atoms with Gasteiger partial charge in [-0.1, -0.05) is 0 Å². The van der Waals surface area contributed by atoms with Gasteiger partial charge in [0.2, 0.25) is 0 Å². The van der Waals surface area contributed by atoms with Gasteiger partial charge in [0.05, 0.1) is 12.7 Å². The Balaban J connectivity index is 1.78. The number of hydrogen-bond acceptors (Lipinski definition) is 4. The van der Waals surface area contributed by atoms with Gasteiger partial charge in [-0.2, -0.15) is 0 Å². The number of benzene rings is 1. The number of ether oxygens (including phenoxy) is 2. The van der Waals surface area contributed by atoms with Crippen LogP contribution in [0.2, 0.25) is 0 Å². The molecule has 1 saturated heterocycles. The summed E-state index contributed by atoms with van der Waals surface area (Å²) in [4.78, 5) is 23.4. The number of amides is 2. The predicted molar refractivity (Wildman–Crippen MR) is 78.2 cm³/mol. The van der Waals surface area contributed by atoms with Crippen molar-refractivity contribution in [1.82, 2.24) is 5.32 Å². The van der Waals surface area contributed by atoms with Crippen LogP contribution in [-0.2, 0) is 14.3 Å². The highest BCUT2D eigenvalue weighted by molar-refractivity contribution is 6.39. The summed E-state index contributed by atoms with van der Waals surface area (Å²) in [5.41, 5.74) is 0.552. The van der Waals surface area contributed by atoms with Crippen LogP contribution in [0, 0.1) is 0 Å². The Morgan fingerprint density at radius 2 is 2.05 bits per heavy atom. The maximum absolute atomic E-state index is 11.7. The lowest BCUT2D eigenvalue weighted by atomic mass is 10.2. The van der Waals surface area contributed by atoms with Crippen LogP contribution < -0.4 is 15.4 Å². The van der Waals surface area contributed by atoms with E-state index in [-0.39, 0.29) is 6.10 Å². The quantitative estimate of drug-likeness (QED) is 0.802. The van der Waals surface area contributed by atoms with E-state index in [1.54, 1.807) is 24.3 Å². The predicted octanol–water partition coefficient (Wildman–Crippen LogP) is 1.32. The second kappa shape index (κ2) is 7.64. The fourth-order valence-electron chi connectivity index (χ4n) is 2.08. The molecule has 0 bridgehead atoms. The van der Waals surface area contributed by atoms with Crippen molar-refractivity contribution in [3.63, 3.8) is 0 Å². The molecule has 1 aromatic rings. The molecule has 0 aliphatic carbocycles. The van der Waals surface area contributed by atoms with E-state index in [4.69, 9.17) is 9.47 Å². The molecular weight excluding hydrogens is 272 g/mol. The monoisotopic (exact) mass is 292 g/mol. The van der Waals surface area contributed by atoms with Crippen LogP contribution >= 0.6 is 0 Å². The van der Waals surface area contributed by atoms with Crippen LogP contribution in [0.1, 0.15) is 19.8 Å². The molecule has 1 aliphatic heterocycles. The Hall–Kier alpha value is -2.08. The van der Waals surface area contributed by atoms with Crippen LogP contribution in [0.3, 0.4) is 0 Å². The van der Waals surface area contributed by atoms with E-state index < -0.39 is 11.8 Å². The summed E-state index contributed by atoms with van der Waals surface area (Å²) in [5, 5.41) is 5.11. The number of carbonyl (C=O) groups excluding carboxylic acids is 2. The van der Waals surface area contributed by atoms with E-state index in [1.807, 2.05) is 6.92 Å². The van der Waals surface area contributed by atoms with Gasteiger partial charge in [0, 0.05) is 18.8 Å². The van der Waals surface area contributed by atoms with Crippen molar-refractivity contribution in [2.75, 3.05) is 25.1 Å². The number of hydrogen-bond donors (Lipinski definition) is 2. The largest absolute Gasteiger partial charge is 0.494 e. The minimum absolute atomic E-state index is 0.0206. The lowest BCUT2D eigenvalue weighted by Gasteiger charge is -2.11. The Bertz CT molecular complexity index is 481. The maximum atomic E-state index is 11.7. The molecule has 1 heterocycles. The van der Waals surface area contributed by atoms with Gasteiger partial charge in [0.15, 0.2) is 0 Å². The SMILES string of the molecule is CCOc1ccc(NC(=O)C(=O)NCC2CCCO2)cc1. The molecule has 2 N–H and O–H groups in total. The normalized spacial score (nSPS) is 17.3. The number of anilines is 1. The third-order valence-electron chi connectivity index (χ3n) is 3.14. The van der Waals surface area contributed by atoms with Gasteiger partial charge < -0.3 is 20.1 Å². The van der Waals surface area contributed by atoms with Crippen LogP contribution in [-0.4, -0.2) is 37.7 Å². The van der Waals surface area contributed by atoms with Crippen molar-refractivity contribution >= 4 is 17.5 Å². The highest BCUT2D eigenvalue weighted by Gasteiger charge is 2.19. The molecule has 2 rings (SSSR count). The lowest BCUT2D eigenvalue weighted by molar-refractivity contribution is -0.136. The molecule has 1 atom stereocenters. The van der Waals surface area contributed by atoms with E-state index in [1.165, 1.54) is 0 Å². The van der Waals surface area contributed by atoms with E-state index in [0.717, 1.165) is 25.2 Å². The lowest BCUT2D eigenvalue weighted by Crippen LogP contribution is -2.39. The minimum Gasteiger partial charge on any atom is -0.494 e. The van der Waals surface area contributed by atoms with Crippen molar-refractivity contribution in [2.24, 2.45) is 0 Å². The molecular formula is C15H20N2O4. The first-order chi connectivity index (χ1) is 10.2. The number of rotatable bonds is 5. The minimum atomic E-state index is -0.683. The van der Waals surface area contributed by atoms with Crippen molar-refractivity contribution < 1.29 is 19.1 Å². The van der Waals surface area contributed by atoms with Gasteiger partial charge in [-0.15, -0.1) is 0 Å². The van der Waals surface area contributed by atoms with Gasteiger partial charge in [-0.25, -0.2) is 0 Å². The average Bonchev–Trinajstić information content (AvgIpc) is 3.00. The molecule has 2 amide bonds. The van der Waals surface area contributed by atoms with Crippen LogP contribution in [0.25, 0.3) is 0 Å². The zero-order valence-corrected chi connectivity index (χ0v) is 12.1. The van der Waals surface area contributed by atoms with Crippen LogP contribution in [0.4, 0.5) is 5.69 Å². The van der Waals surface area contributed by atoms with Crippen molar-refractivity contribution in [2.45, 2.75) is 25.9 Å². The highest BCUT2D eigenvalue weighted by atomic mass is 16.5. The zero-order chi connectivity index (χ0) is 15.1. The first-order valence-electron chi connectivity index (χ1n) is 7.12. The van der Waals surface area contributed by atoms with Crippen LogP contribution in [0.5, 0.6) is 5.75 Å². The second-order valence-corrected chi connectivity index (χ2v) is 4.76. The van der Waals surface area contributed by atoms with Crippen LogP contribution in [0.15, 0.2) is 24.3 Å². The Kier molecular flexibility index (Phi) is 5.57. The molecule has 114 valence electrons. The van der Waals surface area contributed by atoms with E-state index in [9.17, 15) is 9.59 Å². The summed E-state index contributed by atoms with van der Waals surface area (Å²) < 4.78 is 10.7. The van der Waals surface area contributed by atoms with Gasteiger partial charge in [0.1, 0.15) is 5.75 Å². The fraction of sp³-hybridized carbons (Fsp3) is 0.467. The molecule has 0 saturated carbocycles. The highest BCUT2D eigenvalue weighted by Crippen LogP contribution is 2.15. The molecule has 1 fully saturated rings. The fourth-order valence-corrected chi connectivity index (χ4v) is 2.08. The Morgan fingerprint density at radius 3 is 2.67 bits per heavy atom. The standard InChI is InChI=1S/C15H20N2O4/c1-2-20-12-7-5-11(6-8-12)17-15(19)14(18)16-10-13-4-3-9-21-13/h5-8,13H,2-4,9-10H2,1H3,(H,16,18)(H,17,19). The number of nitrogens with one attached hydrogen (secondary N) is 2. The third-order valence-corrected chi connectivity index (χ3v) is 3.14. The van der Waals surface area contributed by atoms with Gasteiger partial charge in [-0.3, -0.25) is 9.59 Å². The molecule has 6 heteroatoms. The third kappa shape index (κ3) is 4.75. The second-order valence-electron chi connectivity index (χ2n) is 4.76. The van der Waals surface area contributed by atoms with E-state index in [0.29, 0.717) is 18.8 Å². The molecule has 0 radical (unpaired) electrons. The van der Waals surface area contributed by atoms with E-state index in [2.05, 4.69) is 10.6 Å². The summed E-state index contributed by atoms with van der Waals surface area (Å²) in [6.07, 6.45) is 1.94. The van der Waals surface area contributed by atoms with Crippen molar-refractivity contribution in [1.29, 1.82) is 0 Å². The summed E-state index contributed by atoms with van der Waals surface area (Å²) in [6.45, 7) is 3.57. The molecule has 1 aliphatic rings. The topological polar surface area (TPSA) is 76.7 Å². The average molecular weight is 292 g/mol. The first kappa shape index (κ1) is 15.3. The van der Waals surface area contributed by atoms with Crippen molar-refractivity contribution in [3.8, 4) is 5.75 Å². The molecule has 0 aromatic heterocycles. The Labute approximate surface area is 123 Å². The molecule has 21 heavy (non-hydrogen) atoms. The van der Waals surface area contributed by atoms with E-state index >= 15 is 0 Å². The molecule has 1 unspecified atom stereocenters. The summed E-state index contributed by atoms with van der Waals surface area (Å²) >= 11 is 0. The van der Waals surface area contributed by atoms with Gasteiger partial charge in [-0.05, 0) is 44.0 Å². The smallest absolute Gasteiger partial charge is 0.313 e. The van der Waals surface area contributed by atoms with Crippen molar-refractivity contribution in [3.05, 3.63) is 24.3 Å². The zero-order valence-electron chi connectivity index (χ0n) is 12.1. The summed E-state index contributed by atoms with van der Waals surface area (Å²) in [6, 6.07) is 6.86. The van der Waals surface area contributed by atoms with Gasteiger partial charge in [0.25, 0.3) is 0 Å². The summed E-state index contributed by atoms with van der Waals surface area (Å²) in [5.74, 6) is -0.616.